The van der Waals surface area contributed by atoms with E-state index in [0.29, 0.717) is 12.1 Å². The minimum absolute atomic E-state index is 0.545. The third-order valence-electron chi connectivity index (χ3n) is 5.03. The van der Waals surface area contributed by atoms with Crippen molar-refractivity contribution >= 4 is 21.7 Å². The molecule has 1 aromatic carbocycles. The zero-order valence-corrected chi connectivity index (χ0v) is 16.0. The number of aromatic nitrogens is 2. The Kier molecular flexibility index (Phi) is 4.90. The number of hydrogen-bond donors (Lipinski definition) is 0. The third-order valence-corrected chi connectivity index (χ3v) is 5.65. The minimum atomic E-state index is 0.545. The fraction of sp³-hybridized carbons (Fsp3) is 0.474. The van der Waals surface area contributed by atoms with Crippen LogP contribution in [0.2, 0.25) is 0 Å². The Labute approximate surface area is 157 Å². The summed E-state index contributed by atoms with van der Waals surface area (Å²) in [6.45, 7) is 3.19. The summed E-state index contributed by atoms with van der Waals surface area (Å²) >= 11 is 3.58. The molecule has 2 heterocycles. The SMILES string of the molecule is COc1ccc(CN2CCC(N(c3ccncn3)C3CC3)C2)cc1Br. The van der Waals surface area contributed by atoms with E-state index in [1.165, 1.54) is 24.8 Å². The van der Waals surface area contributed by atoms with Crippen molar-refractivity contribution < 1.29 is 4.74 Å². The highest BCUT2D eigenvalue weighted by molar-refractivity contribution is 9.10. The highest BCUT2D eigenvalue weighted by Crippen LogP contribution is 2.35. The van der Waals surface area contributed by atoms with Gasteiger partial charge in [0.15, 0.2) is 0 Å². The van der Waals surface area contributed by atoms with Crippen LogP contribution in [0.3, 0.4) is 0 Å². The quantitative estimate of drug-likeness (QED) is 0.739. The molecule has 4 rings (SSSR count). The highest BCUT2D eigenvalue weighted by atomic mass is 79.9. The average molecular weight is 403 g/mol. The Morgan fingerprint density at radius 2 is 2.12 bits per heavy atom. The van der Waals surface area contributed by atoms with Crippen molar-refractivity contribution in [2.75, 3.05) is 25.1 Å². The number of anilines is 1. The van der Waals surface area contributed by atoms with Crippen molar-refractivity contribution in [2.24, 2.45) is 0 Å². The van der Waals surface area contributed by atoms with Crippen LogP contribution < -0.4 is 9.64 Å². The molecule has 1 saturated carbocycles. The van der Waals surface area contributed by atoms with Gasteiger partial charge in [0.05, 0.1) is 11.6 Å². The number of ether oxygens (including phenoxy) is 1. The van der Waals surface area contributed by atoms with E-state index >= 15 is 0 Å². The summed E-state index contributed by atoms with van der Waals surface area (Å²) < 4.78 is 6.34. The Balaban J connectivity index is 1.43. The van der Waals surface area contributed by atoms with Crippen LogP contribution in [-0.2, 0) is 6.54 Å². The van der Waals surface area contributed by atoms with Crippen molar-refractivity contribution in [3.05, 3.63) is 46.8 Å². The van der Waals surface area contributed by atoms with Crippen LogP contribution in [0.1, 0.15) is 24.8 Å². The van der Waals surface area contributed by atoms with Crippen molar-refractivity contribution in [3.8, 4) is 5.75 Å². The van der Waals surface area contributed by atoms with Gasteiger partial charge in [-0.15, -0.1) is 0 Å². The summed E-state index contributed by atoms with van der Waals surface area (Å²) in [6, 6.07) is 9.60. The first kappa shape index (κ1) is 16.8. The molecule has 132 valence electrons. The first-order valence-electron chi connectivity index (χ1n) is 8.83. The molecule has 5 nitrogen and oxygen atoms in total. The summed E-state index contributed by atoms with van der Waals surface area (Å²) in [6.07, 6.45) is 7.27. The normalized spacial score (nSPS) is 20.6. The van der Waals surface area contributed by atoms with Crippen molar-refractivity contribution in [3.63, 3.8) is 0 Å². The number of nitrogens with zero attached hydrogens (tertiary/aromatic N) is 4. The Morgan fingerprint density at radius 3 is 2.80 bits per heavy atom. The van der Waals surface area contributed by atoms with E-state index < -0.39 is 0 Å². The Bertz CT molecular complexity index is 723. The molecule has 25 heavy (non-hydrogen) atoms. The van der Waals surface area contributed by atoms with Crippen molar-refractivity contribution in [2.45, 2.75) is 37.9 Å². The summed E-state index contributed by atoms with van der Waals surface area (Å²) in [5, 5.41) is 0. The molecule has 0 spiro atoms. The molecular formula is C19H23BrN4O. The summed E-state index contributed by atoms with van der Waals surface area (Å²) in [4.78, 5) is 13.6. The summed E-state index contributed by atoms with van der Waals surface area (Å²) in [5.41, 5.74) is 1.31. The van der Waals surface area contributed by atoms with E-state index in [9.17, 15) is 0 Å². The molecule has 2 aromatic rings. The van der Waals surface area contributed by atoms with Gasteiger partial charge in [-0.25, -0.2) is 9.97 Å². The topological polar surface area (TPSA) is 41.5 Å². The summed E-state index contributed by atoms with van der Waals surface area (Å²) in [7, 11) is 1.70. The van der Waals surface area contributed by atoms with E-state index in [2.05, 4.69) is 47.8 Å². The van der Waals surface area contributed by atoms with Gasteiger partial charge >= 0.3 is 0 Å². The predicted molar refractivity (Wildman–Crippen MR) is 102 cm³/mol. The molecule has 6 heteroatoms. The lowest BCUT2D eigenvalue weighted by molar-refractivity contribution is 0.324. The smallest absolute Gasteiger partial charge is 0.133 e. The molecule has 1 aliphatic heterocycles. The third kappa shape index (κ3) is 3.80. The maximum Gasteiger partial charge on any atom is 0.133 e. The van der Waals surface area contributed by atoms with Crippen LogP contribution in [-0.4, -0.2) is 47.2 Å². The molecule has 1 atom stereocenters. The molecule has 2 aliphatic rings. The Hall–Kier alpha value is -1.66. The molecule has 1 unspecified atom stereocenters. The van der Waals surface area contributed by atoms with Crippen LogP contribution in [0.4, 0.5) is 5.82 Å². The van der Waals surface area contributed by atoms with Gasteiger partial charge in [-0.1, -0.05) is 6.07 Å². The van der Waals surface area contributed by atoms with Gasteiger partial charge < -0.3 is 9.64 Å². The molecule has 1 saturated heterocycles. The largest absolute Gasteiger partial charge is 0.496 e. The molecule has 1 aromatic heterocycles. The minimum Gasteiger partial charge on any atom is -0.496 e. The molecule has 2 fully saturated rings. The van der Waals surface area contributed by atoms with Gasteiger partial charge in [0.25, 0.3) is 0 Å². The van der Waals surface area contributed by atoms with Gasteiger partial charge in [-0.05, 0) is 59.0 Å². The average Bonchev–Trinajstić information content (AvgIpc) is 3.36. The van der Waals surface area contributed by atoms with Gasteiger partial charge in [-0.3, -0.25) is 4.90 Å². The number of halogens is 1. The number of benzene rings is 1. The monoisotopic (exact) mass is 402 g/mol. The molecule has 0 bridgehead atoms. The van der Waals surface area contributed by atoms with E-state index in [0.717, 1.165) is 35.7 Å². The number of likely N-dealkylation sites (tertiary alicyclic amines) is 1. The number of rotatable bonds is 6. The summed E-state index contributed by atoms with van der Waals surface area (Å²) in [5.74, 6) is 1.96. The highest BCUT2D eigenvalue weighted by Gasteiger charge is 2.37. The fourth-order valence-electron chi connectivity index (χ4n) is 3.71. The zero-order chi connectivity index (χ0) is 17.2. The lowest BCUT2D eigenvalue weighted by Crippen LogP contribution is -2.39. The molecule has 0 radical (unpaired) electrons. The van der Waals surface area contributed by atoms with Crippen LogP contribution in [0.5, 0.6) is 5.75 Å². The van der Waals surface area contributed by atoms with Crippen molar-refractivity contribution in [1.82, 2.24) is 14.9 Å². The molecule has 0 N–H and O–H groups in total. The molecule has 1 aliphatic carbocycles. The van der Waals surface area contributed by atoms with Gasteiger partial charge in [0, 0.05) is 37.9 Å². The van der Waals surface area contributed by atoms with E-state index in [1.807, 2.05) is 18.3 Å². The standard InChI is InChI=1S/C19H23BrN4O/c1-25-18-5-2-14(10-17(18)20)11-23-9-7-16(12-23)24(15-3-4-15)19-6-8-21-13-22-19/h2,5-6,8,10,13,15-16H,3-4,7,9,11-12H2,1H3. The second kappa shape index (κ2) is 7.30. The van der Waals surface area contributed by atoms with Gasteiger partial charge in [0.1, 0.15) is 17.9 Å². The van der Waals surface area contributed by atoms with E-state index in [1.54, 1.807) is 13.4 Å². The second-order valence-corrected chi connectivity index (χ2v) is 7.71. The van der Waals surface area contributed by atoms with E-state index in [4.69, 9.17) is 4.74 Å². The van der Waals surface area contributed by atoms with Gasteiger partial charge in [0.2, 0.25) is 0 Å². The first-order valence-corrected chi connectivity index (χ1v) is 9.63. The van der Waals surface area contributed by atoms with Crippen molar-refractivity contribution in [1.29, 1.82) is 0 Å². The van der Waals surface area contributed by atoms with Crippen LogP contribution in [0.15, 0.2) is 41.3 Å². The molecular weight excluding hydrogens is 380 g/mol. The van der Waals surface area contributed by atoms with Crippen LogP contribution in [0.25, 0.3) is 0 Å². The Morgan fingerprint density at radius 1 is 1.24 bits per heavy atom. The number of methoxy groups -OCH3 is 1. The second-order valence-electron chi connectivity index (χ2n) is 6.85. The maximum atomic E-state index is 5.32. The van der Waals surface area contributed by atoms with Crippen LogP contribution in [0, 0.1) is 0 Å². The zero-order valence-electron chi connectivity index (χ0n) is 14.4. The maximum absolute atomic E-state index is 5.32. The predicted octanol–water partition coefficient (Wildman–Crippen LogP) is 3.49. The lowest BCUT2D eigenvalue weighted by Gasteiger charge is -2.30. The van der Waals surface area contributed by atoms with Crippen LogP contribution >= 0.6 is 15.9 Å². The van der Waals surface area contributed by atoms with Gasteiger partial charge in [-0.2, -0.15) is 0 Å². The fourth-order valence-corrected chi connectivity index (χ4v) is 4.30. The first-order chi connectivity index (χ1) is 12.2. The van der Waals surface area contributed by atoms with E-state index in [-0.39, 0.29) is 0 Å². The lowest BCUT2D eigenvalue weighted by atomic mass is 10.2. The number of hydrogen-bond acceptors (Lipinski definition) is 5. The molecule has 0 amide bonds.